The fourth-order valence-corrected chi connectivity index (χ4v) is 2.10. The predicted molar refractivity (Wildman–Crippen MR) is 88.6 cm³/mol. The highest BCUT2D eigenvalue weighted by atomic mass is 16.3. The van der Waals surface area contributed by atoms with E-state index in [9.17, 15) is 4.79 Å². The smallest absolute Gasteiger partial charge is 0.248 e. The lowest BCUT2D eigenvalue weighted by molar-refractivity contribution is -0.111. The van der Waals surface area contributed by atoms with Gasteiger partial charge in [0.2, 0.25) is 5.91 Å². The Hall–Kier alpha value is -3.21. The molecule has 3 aromatic rings. The summed E-state index contributed by atoms with van der Waals surface area (Å²) in [6.45, 7) is 1.84. The van der Waals surface area contributed by atoms with E-state index in [0.29, 0.717) is 17.3 Å². The summed E-state index contributed by atoms with van der Waals surface area (Å²) in [5.41, 5.74) is 2.44. The number of benzene rings is 1. The Morgan fingerprint density at radius 2 is 2.13 bits per heavy atom. The number of rotatable bonds is 4. The number of anilines is 1. The molecule has 0 fully saturated rings. The second kappa shape index (κ2) is 6.70. The molecule has 5 heteroatoms. The van der Waals surface area contributed by atoms with E-state index in [0.717, 1.165) is 11.3 Å². The molecule has 0 saturated heterocycles. The first-order valence-corrected chi connectivity index (χ1v) is 7.13. The van der Waals surface area contributed by atoms with Crippen molar-refractivity contribution in [1.29, 1.82) is 0 Å². The molecule has 114 valence electrons. The number of nitrogens with one attached hydrogen (secondary N) is 1. The van der Waals surface area contributed by atoms with Crippen LogP contribution in [-0.2, 0) is 4.79 Å². The van der Waals surface area contributed by atoms with Crippen molar-refractivity contribution in [2.24, 2.45) is 0 Å². The third-order valence-corrected chi connectivity index (χ3v) is 3.14. The Balaban J connectivity index is 1.74. The minimum atomic E-state index is -0.225. The molecule has 5 nitrogen and oxygen atoms in total. The molecular formula is C18H15N3O2. The predicted octanol–water partition coefficient (Wildman–Crippen LogP) is 3.70. The molecule has 23 heavy (non-hydrogen) atoms. The van der Waals surface area contributed by atoms with Crippen LogP contribution in [0.4, 0.5) is 5.69 Å². The molecule has 2 heterocycles. The van der Waals surface area contributed by atoms with Crippen LogP contribution in [0.25, 0.3) is 17.3 Å². The van der Waals surface area contributed by atoms with Crippen LogP contribution >= 0.6 is 0 Å². The van der Waals surface area contributed by atoms with E-state index >= 15 is 0 Å². The van der Waals surface area contributed by atoms with Gasteiger partial charge >= 0.3 is 0 Å². The van der Waals surface area contributed by atoms with Crippen LogP contribution in [0.5, 0.6) is 0 Å². The Labute approximate surface area is 133 Å². The topological polar surface area (TPSA) is 68.0 Å². The number of aryl methyl sites for hydroxylation is 1. The van der Waals surface area contributed by atoms with Crippen LogP contribution < -0.4 is 5.32 Å². The van der Waals surface area contributed by atoms with Gasteiger partial charge < -0.3 is 9.73 Å². The van der Waals surface area contributed by atoms with Crippen molar-refractivity contribution in [3.05, 3.63) is 72.6 Å². The molecule has 0 atom stereocenters. The maximum atomic E-state index is 11.9. The van der Waals surface area contributed by atoms with E-state index in [2.05, 4.69) is 15.3 Å². The van der Waals surface area contributed by atoms with Gasteiger partial charge in [0.05, 0.1) is 12.0 Å². The average molecular weight is 305 g/mol. The Kier molecular flexibility index (Phi) is 4.29. The molecule has 1 aromatic carbocycles. The molecule has 1 amide bonds. The van der Waals surface area contributed by atoms with Crippen molar-refractivity contribution in [1.82, 2.24) is 9.97 Å². The molecule has 2 aromatic heterocycles. The number of carbonyl (C=O) groups is 1. The molecule has 0 aliphatic heterocycles. The van der Waals surface area contributed by atoms with Gasteiger partial charge in [0, 0.05) is 23.5 Å². The highest BCUT2D eigenvalue weighted by molar-refractivity contribution is 6.02. The summed E-state index contributed by atoms with van der Waals surface area (Å²) < 4.78 is 5.14. The zero-order valence-electron chi connectivity index (χ0n) is 12.6. The Morgan fingerprint density at radius 1 is 1.22 bits per heavy atom. The second-order valence-electron chi connectivity index (χ2n) is 4.91. The van der Waals surface area contributed by atoms with Crippen molar-refractivity contribution in [2.45, 2.75) is 6.92 Å². The van der Waals surface area contributed by atoms with Gasteiger partial charge in [-0.1, -0.05) is 12.1 Å². The first-order chi connectivity index (χ1) is 11.2. The van der Waals surface area contributed by atoms with Crippen molar-refractivity contribution in [3.8, 4) is 11.3 Å². The van der Waals surface area contributed by atoms with E-state index in [-0.39, 0.29) is 5.91 Å². The third-order valence-electron chi connectivity index (χ3n) is 3.14. The molecule has 0 radical (unpaired) electrons. The van der Waals surface area contributed by atoms with Crippen LogP contribution in [0.15, 0.2) is 65.4 Å². The third kappa shape index (κ3) is 3.91. The quantitative estimate of drug-likeness (QED) is 0.746. The summed E-state index contributed by atoms with van der Waals surface area (Å²) in [4.78, 5) is 20.4. The molecular weight excluding hydrogens is 290 g/mol. The number of carbonyl (C=O) groups excluding carboxylic acids is 1. The van der Waals surface area contributed by atoms with Crippen molar-refractivity contribution in [2.75, 3.05) is 5.32 Å². The monoisotopic (exact) mass is 305 g/mol. The summed E-state index contributed by atoms with van der Waals surface area (Å²) in [6.07, 6.45) is 6.33. The number of hydrogen-bond acceptors (Lipinski definition) is 4. The largest absolute Gasteiger partial charge is 0.465 e. The Bertz CT molecular complexity index is 839. The van der Waals surface area contributed by atoms with Crippen molar-refractivity contribution in [3.63, 3.8) is 0 Å². The Morgan fingerprint density at radius 3 is 2.91 bits per heavy atom. The van der Waals surface area contributed by atoms with Gasteiger partial charge in [-0.15, -0.1) is 0 Å². The van der Waals surface area contributed by atoms with Crippen LogP contribution in [-0.4, -0.2) is 15.9 Å². The van der Waals surface area contributed by atoms with Gasteiger partial charge in [-0.25, -0.2) is 9.97 Å². The highest BCUT2D eigenvalue weighted by Gasteiger charge is 2.03. The molecule has 0 aliphatic carbocycles. The van der Waals surface area contributed by atoms with E-state index in [1.807, 2.05) is 37.3 Å². The molecule has 0 unspecified atom stereocenters. The number of furan rings is 1. The number of amides is 1. The molecule has 0 spiro atoms. The van der Waals surface area contributed by atoms with Gasteiger partial charge in [-0.05, 0) is 43.3 Å². The summed E-state index contributed by atoms with van der Waals surface area (Å²) in [6, 6.07) is 12.9. The SMILES string of the molecule is Cc1nccc(-c2cccc(NC(=O)/C=C/c3ccco3)c2)n1. The maximum Gasteiger partial charge on any atom is 0.248 e. The first kappa shape index (κ1) is 14.7. The van der Waals surface area contributed by atoms with Gasteiger partial charge in [-0.2, -0.15) is 0 Å². The minimum Gasteiger partial charge on any atom is -0.465 e. The van der Waals surface area contributed by atoms with Crippen molar-refractivity contribution >= 4 is 17.7 Å². The standard InChI is InChI=1S/C18H15N3O2/c1-13-19-10-9-17(20-13)14-4-2-5-15(12-14)21-18(22)8-7-16-6-3-11-23-16/h2-12H,1H3,(H,21,22)/b8-7+. The fraction of sp³-hybridized carbons (Fsp3) is 0.0556. The average Bonchev–Trinajstić information content (AvgIpc) is 3.07. The molecule has 3 rings (SSSR count). The van der Waals surface area contributed by atoms with Crippen LogP contribution in [0, 0.1) is 6.92 Å². The summed E-state index contributed by atoms with van der Waals surface area (Å²) in [5.74, 6) is 1.11. The zero-order chi connectivity index (χ0) is 16.1. The molecule has 0 bridgehead atoms. The van der Waals surface area contributed by atoms with Gasteiger partial charge in [0.25, 0.3) is 0 Å². The maximum absolute atomic E-state index is 11.9. The second-order valence-corrected chi connectivity index (χ2v) is 4.91. The fourth-order valence-electron chi connectivity index (χ4n) is 2.10. The van der Waals surface area contributed by atoms with Crippen LogP contribution in [0.3, 0.4) is 0 Å². The molecule has 1 N–H and O–H groups in total. The van der Waals surface area contributed by atoms with Gasteiger partial charge in [0.15, 0.2) is 0 Å². The summed E-state index contributed by atoms with van der Waals surface area (Å²) in [5, 5.41) is 2.82. The van der Waals surface area contributed by atoms with E-state index in [4.69, 9.17) is 4.42 Å². The summed E-state index contributed by atoms with van der Waals surface area (Å²) >= 11 is 0. The number of nitrogens with zero attached hydrogens (tertiary/aromatic N) is 2. The van der Waals surface area contributed by atoms with Gasteiger partial charge in [-0.3, -0.25) is 4.79 Å². The zero-order valence-corrected chi connectivity index (χ0v) is 12.6. The molecule has 0 saturated carbocycles. The minimum absolute atomic E-state index is 0.225. The lowest BCUT2D eigenvalue weighted by Gasteiger charge is -2.06. The van der Waals surface area contributed by atoms with Gasteiger partial charge in [0.1, 0.15) is 11.6 Å². The van der Waals surface area contributed by atoms with E-state index < -0.39 is 0 Å². The first-order valence-electron chi connectivity index (χ1n) is 7.13. The molecule has 0 aliphatic rings. The van der Waals surface area contributed by atoms with Crippen LogP contribution in [0.1, 0.15) is 11.6 Å². The van der Waals surface area contributed by atoms with E-state index in [1.165, 1.54) is 6.08 Å². The normalized spacial score (nSPS) is 10.8. The van der Waals surface area contributed by atoms with Crippen molar-refractivity contribution < 1.29 is 9.21 Å². The highest BCUT2D eigenvalue weighted by Crippen LogP contribution is 2.20. The summed E-state index contributed by atoms with van der Waals surface area (Å²) in [7, 11) is 0. The number of hydrogen-bond donors (Lipinski definition) is 1. The number of aromatic nitrogens is 2. The lowest BCUT2D eigenvalue weighted by atomic mass is 10.1. The lowest BCUT2D eigenvalue weighted by Crippen LogP contribution is -2.07. The van der Waals surface area contributed by atoms with Crippen LogP contribution in [0.2, 0.25) is 0 Å². The van der Waals surface area contributed by atoms with E-state index in [1.54, 1.807) is 30.7 Å².